The molecule has 32 heavy (non-hydrogen) atoms. The molecule has 1 amide bonds. The summed E-state index contributed by atoms with van der Waals surface area (Å²) in [5, 5.41) is 2.94. The van der Waals surface area contributed by atoms with Gasteiger partial charge < -0.3 is 15.0 Å². The fourth-order valence-electron chi connectivity index (χ4n) is 4.11. The van der Waals surface area contributed by atoms with E-state index >= 15 is 0 Å². The van der Waals surface area contributed by atoms with Crippen LogP contribution in [0.15, 0.2) is 53.4 Å². The van der Waals surface area contributed by atoms with Crippen LogP contribution in [0.4, 0.5) is 10.1 Å². The third kappa shape index (κ3) is 5.28. The van der Waals surface area contributed by atoms with Gasteiger partial charge in [-0.15, -0.1) is 0 Å². The van der Waals surface area contributed by atoms with Gasteiger partial charge in [-0.05, 0) is 54.8 Å². The van der Waals surface area contributed by atoms with E-state index in [1.165, 1.54) is 16.4 Å². The molecule has 2 heterocycles. The van der Waals surface area contributed by atoms with Gasteiger partial charge >= 0.3 is 0 Å². The third-order valence-corrected chi connectivity index (χ3v) is 7.87. The van der Waals surface area contributed by atoms with Gasteiger partial charge in [0.05, 0.1) is 24.0 Å². The van der Waals surface area contributed by atoms with E-state index in [1.54, 1.807) is 0 Å². The van der Waals surface area contributed by atoms with E-state index in [-0.39, 0.29) is 17.3 Å². The van der Waals surface area contributed by atoms with Gasteiger partial charge in [-0.1, -0.05) is 12.1 Å². The van der Waals surface area contributed by atoms with Crippen LogP contribution in [-0.4, -0.2) is 58.0 Å². The second-order valence-electron chi connectivity index (χ2n) is 8.14. The van der Waals surface area contributed by atoms with E-state index in [0.29, 0.717) is 25.9 Å². The zero-order valence-electron chi connectivity index (χ0n) is 17.9. The molecule has 0 bridgehead atoms. The molecule has 2 aliphatic rings. The lowest BCUT2D eigenvalue weighted by atomic mass is 9.98. The number of benzene rings is 2. The SMILES string of the molecule is O=C(NCc1ccc(N2CCOCC2)cc1)[C@@H]1CCCN(S(=O)(=O)c2ccc(F)cc2)C1. The van der Waals surface area contributed by atoms with Gasteiger partial charge in [-0.25, -0.2) is 12.8 Å². The number of hydrogen-bond donors (Lipinski definition) is 1. The topological polar surface area (TPSA) is 79.0 Å². The highest BCUT2D eigenvalue weighted by atomic mass is 32.2. The van der Waals surface area contributed by atoms with Crippen LogP contribution in [0, 0.1) is 11.7 Å². The number of amides is 1. The molecule has 0 spiro atoms. The van der Waals surface area contributed by atoms with Gasteiger partial charge in [-0.2, -0.15) is 4.31 Å². The quantitative estimate of drug-likeness (QED) is 0.715. The molecule has 7 nitrogen and oxygen atoms in total. The van der Waals surface area contributed by atoms with Crippen molar-refractivity contribution >= 4 is 21.6 Å². The van der Waals surface area contributed by atoms with Crippen molar-refractivity contribution in [1.82, 2.24) is 9.62 Å². The van der Waals surface area contributed by atoms with Crippen LogP contribution < -0.4 is 10.2 Å². The zero-order valence-corrected chi connectivity index (χ0v) is 18.7. The Morgan fingerprint density at radius 2 is 1.72 bits per heavy atom. The largest absolute Gasteiger partial charge is 0.378 e. The molecule has 2 fully saturated rings. The lowest BCUT2D eigenvalue weighted by molar-refractivity contribution is -0.126. The first-order valence-electron chi connectivity index (χ1n) is 10.9. The first kappa shape index (κ1) is 22.7. The normalized spacial score (nSPS) is 20.2. The highest BCUT2D eigenvalue weighted by Crippen LogP contribution is 2.24. The average molecular weight is 462 g/mol. The molecule has 0 aliphatic carbocycles. The second kappa shape index (κ2) is 9.97. The van der Waals surface area contributed by atoms with E-state index in [0.717, 1.165) is 49.7 Å². The van der Waals surface area contributed by atoms with Crippen LogP contribution in [0.5, 0.6) is 0 Å². The Hall–Kier alpha value is -2.49. The number of sulfonamides is 1. The summed E-state index contributed by atoms with van der Waals surface area (Å²) in [5.74, 6) is -1.05. The Balaban J connectivity index is 1.33. The molecule has 2 aliphatic heterocycles. The van der Waals surface area contributed by atoms with Crippen LogP contribution >= 0.6 is 0 Å². The Morgan fingerprint density at radius 1 is 1.03 bits per heavy atom. The zero-order chi connectivity index (χ0) is 22.6. The predicted octanol–water partition coefficient (Wildman–Crippen LogP) is 2.38. The number of rotatable bonds is 6. The molecular weight excluding hydrogens is 433 g/mol. The fourth-order valence-corrected chi connectivity index (χ4v) is 5.63. The van der Waals surface area contributed by atoms with Gasteiger partial charge in [0.2, 0.25) is 15.9 Å². The fraction of sp³-hybridized carbons (Fsp3) is 0.435. The standard InChI is InChI=1S/C23H28FN3O4S/c24-20-5-9-22(10-6-20)32(29,30)27-11-1-2-19(17-27)23(28)25-16-18-3-7-21(8-4-18)26-12-14-31-15-13-26/h3-10,19H,1-2,11-17H2,(H,25,28)/t19-/m1/s1. The highest BCUT2D eigenvalue weighted by molar-refractivity contribution is 7.89. The lowest BCUT2D eigenvalue weighted by Crippen LogP contribution is -2.45. The summed E-state index contributed by atoms with van der Waals surface area (Å²) >= 11 is 0. The molecule has 2 saturated heterocycles. The number of carbonyl (C=O) groups is 1. The molecule has 0 aromatic heterocycles. The molecule has 2 aromatic carbocycles. The number of nitrogens with one attached hydrogen (secondary N) is 1. The number of morpholine rings is 1. The first-order chi connectivity index (χ1) is 15.4. The molecule has 0 unspecified atom stereocenters. The molecule has 0 saturated carbocycles. The summed E-state index contributed by atoms with van der Waals surface area (Å²) in [6.45, 7) is 4.07. The van der Waals surface area contributed by atoms with Crippen LogP contribution in [0.2, 0.25) is 0 Å². The summed E-state index contributed by atoms with van der Waals surface area (Å²) in [5.41, 5.74) is 2.12. The maximum Gasteiger partial charge on any atom is 0.243 e. The highest BCUT2D eigenvalue weighted by Gasteiger charge is 2.33. The summed E-state index contributed by atoms with van der Waals surface area (Å²) in [4.78, 5) is 15.0. The Bertz CT molecular complexity index is 1020. The lowest BCUT2D eigenvalue weighted by Gasteiger charge is -2.31. The molecule has 4 rings (SSSR count). The van der Waals surface area contributed by atoms with Gasteiger partial charge in [0.25, 0.3) is 0 Å². The van der Waals surface area contributed by atoms with E-state index in [1.807, 2.05) is 24.3 Å². The predicted molar refractivity (Wildman–Crippen MR) is 119 cm³/mol. The molecule has 0 radical (unpaired) electrons. The number of anilines is 1. The van der Waals surface area contributed by atoms with Gasteiger partial charge in [0, 0.05) is 38.4 Å². The van der Waals surface area contributed by atoms with Crippen molar-refractivity contribution < 1.29 is 22.3 Å². The number of halogens is 1. The van der Waals surface area contributed by atoms with Crippen molar-refractivity contribution in [1.29, 1.82) is 0 Å². The third-order valence-electron chi connectivity index (χ3n) is 5.99. The monoisotopic (exact) mass is 461 g/mol. The van der Waals surface area contributed by atoms with E-state index in [4.69, 9.17) is 4.74 Å². The number of hydrogen-bond acceptors (Lipinski definition) is 5. The summed E-state index contributed by atoms with van der Waals surface area (Å²) < 4.78 is 45.6. The van der Waals surface area contributed by atoms with Crippen LogP contribution in [0.3, 0.4) is 0 Å². The summed E-state index contributed by atoms with van der Waals surface area (Å²) in [6.07, 6.45) is 1.24. The molecule has 9 heteroatoms. The van der Waals surface area contributed by atoms with Crippen LogP contribution in [0.1, 0.15) is 18.4 Å². The van der Waals surface area contributed by atoms with Crippen LogP contribution in [-0.2, 0) is 26.1 Å². The molecule has 1 atom stereocenters. The van der Waals surface area contributed by atoms with Crippen molar-refractivity contribution in [2.75, 3.05) is 44.3 Å². The number of carbonyl (C=O) groups excluding carboxylic acids is 1. The van der Waals surface area contributed by atoms with E-state index < -0.39 is 21.8 Å². The van der Waals surface area contributed by atoms with Crippen molar-refractivity contribution in [3.63, 3.8) is 0 Å². The van der Waals surface area contributed by atoms with Gasteiger partial charge in [0.1, 0.15) is 5.82 Å². The first-order valence-corrected chi connectivity index (χ1v) is 12.3. The minimum absolute atomic E-state index is 0.0420. The van der Waals surface area contributed by atoms with Gasteiger partial charge in [0.15, 0.2) is 0 Å². The van der Waals surface area contributed by atoms with Gasteiger partial charge in [-0.3, -0.25) is 4.79 Å². The van der Waals surface area contributed by atoms with Crippen molar-refractivity contribution in [3.8, 4) is 0 Å². The Morgan fingerprint density at radius 3 is 2.41 bits per heavy atom. The number of ether oxygens (including phenoxy) is 1. The molecule has 172 valence electrons. The van der Waals surface area contributed by atoms with Crippen molar-refractivity contribution in [2.45, 2.75) is 24.3 Å². The summed E-state index contributed by atoms with van der Waals surface area (Å²) in [7, 11) is -3.75. The minimum Gasteiger partial charge on any atom is -0.378 e. The molecule has 1 N–H and O–H groups in total. The molecular formula is C23H28FN3O4S. The van der Waals surface area contributed by atoms with Crippen molar-refractivity contribution in [3.05, 3.63) is 59.9 Å². The molecule has 2 aromatic rings. The van der Waals surface area contributed by atoms with Crippen molar-refractivity contribution in [2.24, 2.45) is 5.92 Å². The Labute approximate surface area is 188 Å². The number of nitrogens with zero attached hydrogens (tertiary/aromatic N) is 2. The Kier molecular flexibility index (Phi) is 7.07. The average Bonchev–Trinajstić information content (AvgIpc) is 2.84. The maximum absolute atomic E-state index is 13.2. The second-order valence-corrected chi connectivity index (χ2v) is 10.1. The maximum atomic E-state index is 13.2. The van der Waals surface area contributed by atoms with E-state index in [9.17, 15) is 17.6 Å². The number of piperidine rings is 1. The minimum atomic E-state index is -3.75. The smallest absolute Gasteiger partial charge is 0.243 e. The van der Waals surface area contributed by atoms with Crippen LogP contribution in [0.25, 0.3) is 0 Å². The van der Waals surface area contributed by atoms with E-state index in [2.05, 4.69) is 10.2 Å². The summed E-state index contributed by atoms with van der Waals surface area (Å²) in [6, 6.07) is 12.9.